The van der Waals surface area contributed by atoms with Crippen molar-refractivity contribution < 1.29 is 0 Å². The van der Waals surface area contributed by atoms with Crippen LogP contribution >= 0.6 is 15.9 Å². The molecule has 0 saturated heterocycles. The maximum absolute atomic E-state index is 5.73. The molecule has 0 aliphatic heterocycles. The minimum atomic E-state index is 0.127. The molecule has 3 rings (SSSR count). The van der Waals surface area contributed by atoms with Gasteiger partial charge in [0.15, 0.2) is 0 Å². The first-order valence-electron chi connectivity index (χ1n) is 6.17. The van der Waals surface area contributed by atoms with Crippen molar-refractivity contribution in [1.82, 2.24) is 24.7 Å². The Kier molecular flexibility index (Phi) is 3.53. The lowest BCUT2D eigenvalue weighted by molar-refractivity contribution is 0.801. The zero-order valence-electron chi connectivity index (χ0n) is 11.2. The Morgan fingerprint density at radius 2 is 2.05 bits per heavy atom. The zero-order chi connectivity index (χ0) is 14.8. The second kappa shape index (κ2) is 5.49. The lowest BCUT2D eigenvalue weighted by atomic mass is 10.2. The van der Waals surface area contributed by atoms with E-state index < -0.39 is 0 Å². The Morgan fingerprint density at radius 3 is 2.81 bits per heavy atom. The number of nitrogens with zero attached hydrogens (tertiary/aromatic N) is 5. The van der Waals surface area contributed by atoms with Crippen LogP contribution in [0.25, 0.3) is 5.95 Å². The van der Waals surface area contributed by atoms with Gasteiger partial charge in [-0.15, -0.1) is 0 Å². The van der Waals surface area contributed by atoms with E-state index in [-0.39, 0.29) is 5.95 Å². The van der Waals surface area contributed by atoms with Gasteiger partial charge in [-0.2, -0.15) is 20.1 Å². The van der Waals surface area contributed by atoms with Crippen molar-refractivity contribution in [2.75, 3.05) is 11.1 Å². The fraction of sp³-hybridized carbons (Fsp3) is 0.0769. The van der Waals surface area contributed by atoms with Crippen molar-refractivity contribution in [3.05, 3.63) is 46.7 Å². The highest BCUT2D eigenvalue weighted by molar-refractivity contribution is 9.10. The predicted molar refractivity (Wildman–Crippen MR) is 83.5 cm³/mol. The van der Waals surface area contributed by atoms with Gasteiger partial charge in [-0.3, -0.25) is 0 Å². The summed E-state index contributed by atoms with van der Waals surface area (Å²) in [6.07, 6.45) is 3.38. The van der Waals surface area contributed by atoms with E-state index in [0.29, 0.717) is 11.9 Å². The highest BCUT2D eigenvalue weighted by Gasteiger charge is 2.09. The van der Waals surface area contributed by atoms with Gasteiger partial charge in [0.1, 0.15) is 0 Å². The van der Waals surface area contributed by atoms with E-state index in [1.165, 1.54) is 4.68 Å². The topological polar surface area (TPSA) is 94.5 Å². The normalized spacial score (nSPS) is 10.6. The van der Waals surface area contributed by atoms with Gasteiger partial charge < -0.3 is 11.1 Å². The van der Waals surface area contributed by atoms with Gasteiger partial charge >= 0.3 is 0 Å². The van der Waals surface area contributed by atoms with Gasteiger partial charge in [0.25, 0.3) is 5.95 Å². The Hall–Kier alpha value is -2.48. The van der Waals surface area contributed by atoms with Crippen molar-refractivity contribution in [2.24, 2.45) is 0 Å². The van der Waals surface area contributed by atoms with E-state index in [9.17, 15) is 0 Å². The highest BCUT2D eigenvalue weighted by atomic mass is 79.9. The third kappa shape index (κ3) is 2.84. The molecular formula is C13H12BrN7. The molecule has 21 heavy (non-hydrogen) atoms. The second-order valence-corrected chi connectivity index (χ2v) is 5.12. The molecule has 0 spiro atoms. The molecule has 0 bridgehead atoms. The van der Waals surface area contributed by atoms with E-state index in [0.717, 1.165) is 15.7 Å². The number of anilines is 3. The lowest BCUT2D eigenvalue weighted by Gasteiger charge is -2.10. The molecule has 8 heteroatoms. The molecule has 2 aromatic heterocycles. The Morgan fingerprint density at radius 1 is 1.19 bits per heavy atom. The average molecular weight is 346 g/mol. The number of hydrogen-bond donors (Lipinski definition) is 2. The van der Waals surface area contributed by atoms with Crippen LogP contribution in [0, 0.1) is 6.92 Å². The van der Waals surface area contributed by atoms with Crippen molar-refractivity contribution >= 4 is 33.5 Å². The minimum Gasteiger partial charge on any atom is -0.368 e. The van der Waals surface area contributed by atoms with Crippen LogP contribution in [0.2, 0.25) is 0 Å². The van der Waals surface area contributed by atoms with Crippen LogP contribution in [0.1, 0.15) is 5.56 Å². The van der Waals surface area contributed by atoms with Gasteiger partial charge in [-0.05, 0) is 40.5 Å². The van der Waals surface area contributed by atoms with Gasteiger partial charge in [0.05, 0.1) is 5.69 Å². The average Bonchev–Trinajstić information content (AvgIpc) is 2.97. The van der Waals surface area contributed by atoms with E-state index in [1.807, 2.05) is 25.1 Å². The zero-order valence-corrected chi connectivity index (χ0v) is 12.7. The molecule has 0 aliphatic rings. The summed E-state index contributed by atoms with van der Waals surface area (Å²) in [5.41, 5.74) is 7.69. The number of nitrogen functional groups attached to an aromatic ring is 1. The van der Waals surface area contributed by atoms with Crippen molar-refractivity contribution in [3.63, 3.8) is 0 Å². The SMILES string of the molecule is Cc1cccc(Nc2nc(N)nc(-n3cccn3)n2)c1Br. The third-order valence-corrected chi connectivity index (χ3v) is 3.84. The second-order valence-electron chi connectivity index (χ2n) is 4.33. The number of nitrogens with two attached hydrogens (primary N) is 1. The van der Waals surface area contributed by atoms with Crippen molar-refractivity contribution in [3.8, 4) is 5.95 Å². The number of aryl methyl sites for hydroxylation is 1. The number of benzene rings is 1. The molecule has 0 fully saturated rings. The van der Waals surface area contributed by atoms with E-state index in [4.69, 9.17) is 5.73 Å². The number of nitrogens with one attached hydrogen (secondary N) is 1. The molecule has 0 atom stereocenters. The molecule has 1 aromatic carbocycles. The van der Waals surface area contributed by atoms with E-state index in [2.05, 4.69) is 41.3 Å². The Bertz CT molecular complexity index is 770. The fourth-order valence-electron chi connectivity index (χ4n) is 1.79. The van der Waals surface area contributed by atoms with Gasteiger partial charge in [0.2, 0.25) is 11.9 Å². The summed E-state index contributed by atoms with van der Waals surface area (Å²) in [4.78, 5) is 12.5. The summed E-state index contributed by atoms with van der Waals surface area (Å²) in [6.45, 7) is 2.01. The first-order chi connectivity index (χ1) is 10.1. The quantitative estimate of drug-likeness (QED) is 0.757. The monoisotopic (exact) mass is 345 g/mol. The van der Waals surface area contributed by atoms with Gasteiger partial charge in [-0.25, -0.2) is 4.68 Å². The number of hydrogen-bond acceptors (Lipinski definition) is 6. The highest BCUT2D eigenvalue weighted by Crippen LogP contribution is 2.27. The van der Waals surface area contributed by atoms with Crippen LogP contribution in [0.4, 0.5) is 17.6 Å². The lowest BCUT2D eigenvalue weighted by Crippen LogP contribution is -2.09. The van der Waals surface area contributed by atoms with Crippen LogP contribution in [0.15, 0.2) is 41.1 Å². The fourth-order valence-corrected chi connectivity index (χ4v) is 2.15. The van der Waals surface area contributed by atoms with E-state index >= 15 is 0 Å². The maximum Gasteiger partial charge on any atom is 0.257 e. The number of aromatic nitrogens is 5. The minimum absolute atomic E-state index is 0.127. The Labute approximate surface area is 129 Å². The molecule has 2 heterocycles. The standard InChI is InChI=1S/C13H12BrN7/c1-8-4-2-5-9(10(8)14)17-12-18-11(15)19-13(20-12)21-7-3-6-16-21/h2-7H,1H3,(H3,15,17,18,19,20). The summed E-state index contributed by atoms with van der Waals surface area (Å²) in [7, 11) is 0. The van der Waals surface area contributed by atoms with Crippen molar-refractivity contribution in [2.45, 2.75) is 6.92 Å². The van der Waals surface area contributed by atoms with Crippen molar-refractivity contribution in [1.29, 1.82) is 0 Å². The smallest absolute Gasteiger partial charge is 0.257 e. The summed E-state index contributed by atoms with van der Waals surface area (Å²) >= 11 is 3.53. The molecule has 3 N–H and O–H groups in total. The molecule has 0 radical (unpaired) electrons. The molecule has 0 saturated carbocycles. The first kappa shape index (κ1) is 13.5. The third-order valence-electron chi connectivity index (χ3n) is 2.79. The van der Waals surface area contributed by atoms with Crippen LogP contribution < -0.4 is 11.1 Å². The van der Waals surface area contributed by atoms with Crippen LogP contribution in [-0.4, -0.2) is 24.7 Å². The Balaban J connectivity index is 1.98. The summed E-state index contributed by atoms with van der Waals surface area (Å²) in [5.74, 6) is 0.847. The summed E-state index contributed by atoms with van der Waals surface area (Å²) < 4.78 is 2.47. The predicted octanol–water partition coefficient (Wildman–Crippen LogP) is 2.45. The first-order valence-corrected chi connectivity index (χ1v) is 6.96. The summed E-state index contributed by atoms with van der Waals surface area (Å²) in [6, 6.07) is 7.66. The van der Waals surface area contributed by atoms with E-state index in [1.54, 1.807) is 18.5 Å². The molecule has 0 unspecified atom stereocenters. The molecular weight excluding hydrogens is 334 g/mol. The van der Waals surface area contributed by atoms with Crippen LogP contribution in [-0.2, 0) is 0 Å². The molecule has 106 valence electrons. The van der Waals surface area contributed by atoms with Crippen LogP contribution in [0.3, 0.4) is 0 Å². The molecule has 3 aromatic rings. The number of halogens is 1. The molecule has 7 nitrogen and oxygen atoms in total. The van der Waals surface area contributed by atoms with Crippen LogP contribution in [0.5, 0.6) is 0 Å². The van der Waals surface area contributed by atoms with Gasteiger partial charge in [0, 0.05) is 16.9 Å². The molecule has 0 amide bonds. The maximum atomic E-state index is 5.73. The largest absolute Gasteiger partial charge is 0.368 e. The number of rotatable bonds is 3. The van der Waals surface area contributed by atoms with Gasteiger partial charge in [-0.1, -0.05) is 12.1 Å². The summed E-state index contributed by atoms with van der Waals surface area (Å²) in [5, 5.41) is 7.20. The molecule has 0 aliphatic carbocycles.